The number of hydrogen-bond donors (Lipinski definition) is 0. The minimum absolute atomic E-state index is 0.500. The summed E-state index contributed by atoms with van der Waals surface area (Å²) in [6.45, 7) is 11.5. The molecule has 0 N–H and O–H groups in total. The maximum absolute atomic E-state index is 2.34. The fourth-order valence-corrected chi connectivity index (χ4v) is 0.667. The Hall–Kier alpha value is 0.597. The Morgan fingerprint density at radius 1 is 1.00 bits per heavy atom. The van der Waals surface area contributed by atoms with Gasteiger partial charge in [0, 0.05) is 0 Å². The van der Waals surface area contributed by atoms with Crippen LogP contribution in [-0.2, 0) is 0 Å². The van der Waals surface area contributed by atoms with Crippen LogP contribution < -0.4 is 0 Å². The molecule has 50 valence electrons. The van der Waals surface area contributed by atoms with Crippen molar-refractivity contribution in [2.24, 2.45) is 11.8 Å². The quantitative estimate of drug-likeness (QED) is 0.491. The van der Waals surface area contributed by atoms with Crippen LogP contribution in [0.25, 0.3) is 0 Å². The first-order valence-corrected chi connectivity index (χ1v) is 3.89. The first kappa shape index (κ1) is 9.60. The van der Waals surface area contributed by atoms with Crippen LogP contribution in [0.1, 0.15) is 34.6 Å². The second-order valence-electron chi connectivity index (χ2n) is 4.13. The SMILES string of the molecule is [Li][C](C)(C(C)C)C(C)C. The van der Waals surface area contributed by atoms with Crippen LogP contribution in [0, 0.1) is 11.8 Å². The van der Waals surface area contributed by atoms with Crippen molar-refractivity contribution in [3.05, 3.63) is 0 Å². The maximum atomic E-state index is 2.34. The molecule has 0 unspecified atom stereocenters. The second-order valence-corrected chi connectivity index (χ2v) is 4.13. The van der Waals surface area contributed by atoms with Gasteiger partial charge >= 0.3 is 68.3 Å². The summed E-state index contributed by atoms with van der Waals surface area (Å²) in [5, 5.41) is 0. The normalized spacial score (nSPS) is 13.4. The van der Waals surface area contributed by atoms with Gasteiger partial charge in [0.1, 0.15) is 0 Å². The van der Waals surface area contributed by atoms with Gasteiger partial charge in [-0.25, -0.2) is 0 Å². The van der Waals surface area contributed by atoms with Crippen LogP contribution in [0.3, 0.4) is 0 Å². The van der Waals surface area contributed by atoms with Gasteiger partial charge in [0.2, 0.25) is 0 Å². The fourth-order valence-electron chi connectivity index (χ4n) is 0.667. The van der Waals surface area contributed by atoms with E-state index in [1.807, 2.05) is 0 Å². The molecule has 0 aliphatic carbocycles. The van der Waals surface area contributed by atoms with Crippen molar-refractivity contribution < 1.29 is 0 Å². The Balaban J connectivity index is 4.01. The van der Waals surface area contributed by atoms with Crippen LogP contribution in [0.5, 0.6) is 0 Å². The first-order chi connectivity index (χ1) is 3.89. The molecule has 9 heavy (non-hydrogen) atoms. The summed E-state index contributed by atoms with van der Waals surface area (Å²) in [6.07, 6.45) is 0. The molecule has 0 aromatic rings. The molecule has 0 atom stereocenters. The summed E-state index contributed by atoms with van der Waals surface area (Å²) in [4.78, 5) is 0. The van der Waals surface area contributed by atoms with Crippen LogP contribution >= 0.6 is 0 Å². The van der Waals surface area contributed by atoms with Crippen molar-refractivity contribution in [2.75, 3.05) is 0 Å². The van der Waals surface area contributed by atoms with Crippen molar-refractivity contribution in [2.45, 2.75) is 38.7 Å². The average Bonchev–Trinajstić information content (AvgIpc) is 1.65. The van der Waals surface area contributed by atoms with Gasteiger partial charge < -0.3 is 0 Å². The van der Waals surface area contributed by atoms with Crippen molar-refractivity contribution in [3.8, 4) is 0 Å². The zero-order valence-electron chi connectivity index (χ0n) is 7.65. The molecular weight excluding hydrogens is 103 g/mol. The van der Waals surface area contributed by atoms with Crippen LogP contribution in [0.2, 0.25) is 4.09 Å². The van der Waals surface area contributed by atoms with E-state index in [4.69, 9.17) is 0 Å². The topological polar surface area (TPSA) is 0 Å². The Labute approximate surface area is 68.6 Å². The molecule has 0 bridgehead atoms. The van der Waals surface area contributed by atoms with E-state index in [1.54, 1.807) is 0 Å². The summed E-state index contributed by atoms with van der Waals surface area (Å²) in [7, 11) is 0. The Bertz CT molecular complexity index is 72.6. The van der Waals surface area contributed by atoms with Crippen LogP contribution in [-0.4, -0.2) is 17.7 Å². The molecule has 0 radical (unpaired) electrons. The van der Waals surface area contributed by atoms with Crippen molar-refractivity contribution in [3.63, 3.8) is 0 Å². The summed E-state index contributed by atoms with van der Waals surface area (Å²) < 4.78 is 0.500. The van der Waals surface area contributed by atoms with Crippen molar-refractivity contribution in [1.82, 2.24) is 0 Å². The Morgan fingerprint density at radius 3 is 1.22 bits per heavy atom. The molecule has 0 saturated carbocycles. The van der Waals surface area contributed by atoms with E-state index in [1.165, 1.54) is 0 Å². The van der Waals surface area contributed by atoms with E-state index < -0.39 is 0 Å². The summed E-state index contributed by atoms with van der Waals surface area (Å²) in [5.74, 6) is 1.58. The van der Waals surface area contributed by atoms with E-state index >= 15 is 0 Å². The number of hydrogen-bond acceptors (Lipinski definition) is 0. The predicted octanol–water partition coefficient (Wildman–Crippen LogP) is 2.65. The monoisotopic (exact) mass is 120 g/mol. The molecule has 0 aliphatic rings. The fraction of sp³-hybridized carbons (Fsp3) is 1.00. The van der Waals surface area contributed by atoms with Gasteiger partial charge in [0.25, 0.3) is 0 Å². The molecule has 0 nitrogen and oxygen atoms in total. The first-order valence-electron chi connectivity index (χ1n) is 3.89. The molecule has 0 aliphatic heterocycles. The third-order valence-corrected chi connectivity index (χ3v) is 2.98. The van der Waals surface area contributed by atoms with E-state index in [9.17, 15) is 0 Å². The molecule has 0 rings (SSSR count). The zero-order valence-corrected chi connectivity index (χ0v) is 7.65. The summed E-state index contributed by atoms with van der Waals surface area (Å²) in [6, 6.07) is 0. The van der Waals surface area contributed by atoms with Gasteiger partial charge in [0.05, 0.1) is 0 Å². The van der Waals surface area contributed by atoms with E-state index in [0.717, 1.165) is 11.8 Å². The van der Waals surface area contributed by atoms with E-state index in [-0.39, 0.29) is 0 Å². The van der Waals surface area contributed by atoms with Crippen LogP contribution in [0.4, 0.5) is 0 Å². The molecule has 0 spiro atoms. The summed E-state index contributed by atoms with van der Waals surface area (Å²) in [5.41, 5.74) is 0. The molecule has 0 saturated heterocycles. The van der Waals surface area contributed by atoms with E-state index in [0.29, 0.717) is 4.09 Å². The van der Waals surface area contributed by atoms with Crippen molar-refractivity contribution in [1.29, 1.82) is 0 Å². The second kappa shape index (κ2) is 3.13. The molecule has 0 amide bonds. The van der Waals surface area contributed by atoms with Crippen molar-refractivity contribution >= 4 is 17.7 Å². The molecule has 0 heterocycles. The number of rotatable bonds is 2. The van der Waals surface area contributed by atoms with E-state index in [2.05, 4.69) is 52.3 Å². The average molecular weight is 120 g/mol. The molecule has 0 aromatic carbocycles. The predicted molar refractivity (Wildman–Crippen MR) is 43.8 cm³/mol. The van der Waals surface area contributed by atoms with Gasteiger partial charge in [-0.05, 0) is 0 Å². The molecule has 0 aromatic heterocycles. The van der Waals surface area contributed by atoms with Gasteiger partial charge in [-0.1, -0.05) is 0 Å². The third kappa shape index (κ3) is 2.36. The third-order valence-electron chi connectivity index (χ3n) is 2.98. The van der Waals surface area contributed by atoms with Crippen LogP contribution in [0.15, 0.2) is 0 Å². The Morgan fingerprint density at radius 2 is 1.22 bits per heavy atom. The molecular formula is C8H17Li. The van der Waals surface area contributed by atoms with Gasteiger partial charge in [0.15, 0.2) is 0 Å². The van der Waals surface area contributed by atoms with Gasteiger partial charge in [-0.2, -0.15) is 0 Å². The Kier molecular flexibility index (Phi) is 3.33. The molecule has 1 heteroatoms. The standard InChI is InChI=1S/C8H17.Li/c1-6(2)8(5)7(3)4;/h6-7H,1-5H3;. The summed E-state index contributed by atoms with van der Waals surface area (Å²) >= 11 is 2.34. The van der Waals surface area contributed by atoms with Gasteiger partial charge in [-0.15, -0.1) is 0 Å². The zero-order chi connectivity index (χ0) is 7.65. The minimum atomic E-state index is 0.500. The molecule has 0 fully saturated rings. The van der Waals surface area contributed by atoms with Gasteiger partial charge in [-0.3, -0.25) is 0 Å².